The van der Waals surface area contributed by atoms with E-state index < -0.39 is 11.9 Å². The van der Waals surface area contributed by atoms with Gasteiger partial charge in [0.15, 0.2) is 11.5 Å². The van der Waals surface area contributed by atoms with Crippen molar-refractivity contribution in [2.75, 3.05) is 12.4 Å². The summed E-state index contributed by atoms with van der Waals surface area (Å²) in [6.07, 6.45) is 1.02. The second kappa shape index (κ2) is 6.68. The van der Waals surface area contributed by atoms with Crippen LogP contribution < -0.4 is 5.32 Å². The number of Topliss-reactive ketones (excluding diaryl/α,β-unsaturated/α-hetero) is 1. The van der Waals surface area contributed by atoms with Crippen LogP contribution in [0, 0.1) is 19.3 Å². The van der Waals surface area contributed by atoms with Crippen LogP contribution in [0.2, 0.25) is 0 Å². The van der Waals surface area contributed by atoms with Crippen LogP contribution in [0.1, 0.15) is 68.4 Å². The second-order valence-electron chi connectivity index (χ2n) is 7.79. The van der Waals surface area contributed by atoms with Crippen LogP contribution in [0.25, 0.3) is 0 Å². The molecule has 3 rings (SSSR count). The van der Waals surface area contributed by atoms with E-state index in [1.807, 2.05) is 20.8 Å². The number of ether oxygens (including phenoxy) is 1. The number of anilines is 1. The Balaban J connectivity index is 1.95. The molecule has 6 nitrogen and oxygen atoms in total. The molecule has 2 aromatic rings. The molecule has 142 valence electrons. The number of amides is 1. The van der Waals surface area contributed by atoms with Crippen LogP contribution in [0.4, 0.5) is 5.69 Å². The van der Waals surface area contributed by atoms with Crippen LogP contribution >= 0.6 is 0 Å². The number of benzene rings is 1. The van der Waals surface area contributed by atoms with Gasteiger partial charge in [-0.05, 0) is 31.4 Å². The van der Waals surface area contributed by atoms with Crippen molar-refractivity contribution in [1.82, 2.24) is 0 Å². The van der Waals surface area contributed by atoms with Gasteiger partial charge < -0.3 is 14.5 Å². The maximum absolute atomic E-state index is 12.8. The van der Waals surface area contributed by atoms with Gasteiger partial charge in [0.25, 0.3) is 5.91 Å². The Hall–Kier alpha value is -2.89. The predicted octanol–water partition coefficient (Wildman–Crippen LogP) is 4.09. The van der Waals surface area contributed by atoms with Crippen molar-refractivity contribution in [3.05, 3.63) is 52.0 Å². The van der Waals surface area contributed by atoms with Gasteiger partial charge in [0, 0.05) is 18.4 Å². The lowest BCUT2D eigenvalue weighted by atomic mass is 9.76. The standard InChI is InChI=1S/C21H23NO5/c1-11-6-7-14(13(8-11)20(25)26-5)22-19(24)18-12(2)17-15(23)9-21(3,4)10-16(17)27-18/h6-8H,9-10H2,1-5H3,(H,22,24). The van der Waals surface area contributed by atoms with Gasteiger partial charge in [-0.1, -0.05) is 25.5 Å². The third kappa shape index (κ3) is 3.52. The van der Waals surface area contributed by atoms with Gasteiger partial charge in [0.1, 0.15) is 5.76 Å². The monoisotopic (exact) mass is 369 g/mol. The van der Waals surface area contributed by atoms with Gasteiger partial charge in [0.2, 0.25) is 0 Å². The fraction of sp³-hybridized carbons (Fsp3) is 0.381. The number of esters is 1. The molecule has 1 aromatic carbocycles. The summed E-state index contributed by atoms with van der Waals surface area (Å²) in [5, 5.41) is 2.71. The molecule has 0 radical (unpaired) electrons. The van der Waals surface area contributed by atoms with Gasteiger partial charge in [0.05, 0.1) is 23.9 Å². The third-order valence-corrected chi connectivity index (χ3v) is 4.81. The quantitative estimate of drug-likeness (QED) is 0.824. The summed E-state index contributed by atoms with van der Waals surface area (Å²) < 4.78 is 10.6. The molecule has 1 amide bonds. The van der Waals surface area contributed by atoms with E-state index in [9.17, 15) is 14.4 Å². The Morgan fingerprint density at radius 2 is 1.89 bits per heavy atom. The average Bonchev–Trinajstić information content (AvgIpc) is 2.91. The number of hydrogen-bond acceptors (Lipinski definition) is 5. The van der Waals surface area contributed by atoms with Crippen molar-refractivity contribution < 1.29 is 23.5 Å². The highest BCUT2D eigenvalue weighted by Gasteiger charge is 2.37. The molecule has 0 unspecified atom stereocenters. The topological polar surface area (TPSA) is 85.6 Å². The van der Waals surface area contributed by atoms with Crippen molar-refractivity contribution >= 4 is 23.3 Å². The van der Waals surface area contributed by atoms with Crippen molar-refractivity contribution in [3.8, 4) is 0 Å². The number of ketones is 1. The summed E-state index contributed by atoms with van der Waals surface area (Å²) >= 11 is 0. The first-order chi connectivity index (χ1) is 12.6. The number of hydrogen-bond donors (Lipinski definition) is 1. The number of carbonyl (C=O) groups is 3. The minimum Gasteiger partial charge on any atom is -0.465 e. The second-order valence-corrected chi connectivity index (χ2v) is 7.79. The number of fused-ring (bicyclic) bond motifs is 1. The molecule has 6 heteroatoms. The summed E-state index contributed by atoms with van der Waals surface area (Å²) in [5.41, 5.74) is 2.31. The molecule has 0 fully saturated rings. The Kier molecular flexibility index (Phi) is 4.68. The zero-order valence-electron chi connectivity index (χ0n) is 16.2. The zero-order chi connectivity index (χ0) is 19.9. The minimum absolute atomic E-state index is 0.00728. The van der Waals surface area contributed by atoms with E-state index in [0.29, 0.717) is 35.4 Å². The highest BCUT2D eigenvalue weighted by atomic mass is 16.5. The van der Waals surface area contributed by atoms with Crippen LogP contribution in [-0.2, 0) is 11.2 Å². The molecular weight excluding hydrogens is 346 g/mol. The molecule has 0 aliphatic heterocycles. The first-order valence-electron chi connectivity index (χ1n) is 8.79. The van der Waals surface area contributed by atoms with Crippen molar-refractivity contribution in [3.63, 3.8) is 0 Å². The third-order valence-electron chi connectivity index (χ3n) is 4.81. The largest absolute Gasteiger partial charge is 0.465 e. The molecule has 0 spiro atoms. The molecule has 1 heterocycles. The molecule has 0 saturated heterocycles. The number of carbonyl (C=O) groups excluding carboxylic acids is 3. The highest BCUT2D eigenvalue weighted by Crippen LogP contribution is 2.38. The van der Waals surface area contributed by atoms with Gasteiger partial charge >= 0.3 is 5.97 Å². The van der Waals surface area contributed by atoms with Gasteiger partial charge in [-0.3, -0.25) is 9.59 Å². The fourth-order valence-electron chi connectivity index (χ4n) is 3.52. The minimum atomic E-state index is -0.540. The van der Waals surface area contributed by atoms with E-state index in [4.69, 9.17) is 9.15 Å². The Morgan fingerprint density at radius 3 is 2.56 bits per heavy atom. The van der Waals surface area contributed by atoms with Crippen molar-refractivity contribution in [1.29, 1.82) is 0 Å². The maximum Gasteiger partial charge on any atom is 0.339 e. The van der Waals surface area contributed by atoms with Gasteiger partial charge in [-0.2, -0.15) is 0 Å². The maximum atomic E-state index is 12.8. The number of aryl methyl sites for hydroxylation is 1. The first kappa shape index (κ1) is 18.9. The molecule has 1 N–H and O–H groups in total. The SMILES string of the molecule is COC(=O)c1cc(C)ccc1NC(=O)c1oc2c(c1C)C(=O)CC(C)(C)C2. The number of methoxy groups -OCH3 is 1. The molecule has 27 heavy (non-hydrogen) atoms. The van der Waals surface area contributed by atoms with E-state index in [2.05, 4.69) is 5.32 Å². The van der Waals surface area contributed by atoms with Gasteiger partial charge in [-0.25, -0.2) is 4.79 Å². The number of nitrogens with one attached hydrogen (secondary N) is 1. The molecular formula is C21H23NO5. The lowest BCUT2D eigenvalue weighted by Gasteiger charge is -2.27. The Labute approximate surface area is 157 Å². The molecule has 1 aliphatic carbocycles. The highest BCUT2D eigenvalue weighted by molar-refractivity contribution is 6.10. The first-order valence-corrected chi connectivity index (χ1v) is 8.79. The predicted molar refractivity (Wildman–Crippen MR) is 100 cm³/mol. The molecule has 1 aromatic heterocycles. The normalized spacial score (nSPS) is 15.2. The summed E-state index contributed by atoms with van der Waals surface area (Å²) in [7, 11) is 1.29. The molecule has 1 aliphatic rings. The van der Waals surface area contributed by atoms with Crippen LogP contribution in [0.5, 0.6) is 0 Å². The Morgan fingerprint density at radius 1 is 1.19 bits per heavy atom. The summed E-state index contributed by atoms with van der Waals surface area (Å²) in [5.74, 6) is -0.395. The van der Waals surface area contributed by atoms with E-state index >= 15 is 0 Å². The molecule has 0 saturated carbocycles. The lowest BCUT2D eigenvalue weighted by Crippen LogP contribution is -2.26. The fourth-order valence-corrected chi connectivity index (χ4v) is 3.52. The Bertz CT molecular complexity index is 952. The summed E-state index contributed by atoms with van der Waals surface area (Å²) in [6.45, 7) is 7.56. The van der Waals surface area contributed by atoms with E-state index in [-0.39, 0.29) is 22.5 Å². The molecule has 0 atom stereocenters. The zero-order valence-corrected chi connectivity index (χ0v) is 16.2. The summed E-state index contributed by atoms with van der Waals surface area (Å²) in [4.78, 5) is 37.3. The van der Waals surface area contributed by atoms with Crippen molar-refractivity contribution in [2.24, 2.45) is 5.41 Å². The smallest absolute Gasteiger partial charge is 0.339 e. The molecule has 0 bridgehead atoms. The number of rotatable bonds is 3. The number of furan rings is 1. The van der Waals surface area contributed by atoms with Crippen LogP contribution in [0.15, 0.2) is 22.6 Å². The van der Waals surface area contributed by atoms with Crippen LogP contribution in [0.3, 0.4) is 0 Å². The van der Waals surface area contributed by atoms with Gasteiger partial charge in [-0.15, -0.1) is 0 Å². The van der Waals surface area contributed by atoms with Crippen LogP contribution in [-0.4, -0.2) is 24.8 Å². The van der Waals surface area contributed by atoms with E-state index in [1.165, 1.54) is 7.11 Å². The van der Waals surface area contributed by atoms with Crippen molar-refractivity contribution in [2.45, 2.75) is 40.5 Å². The van der Waals surface area contributed by atoms with E-state index in [1.54, 1.807) is 25.1 Å². The average molecular weight is 369 g/mol. The lowest BCUT2D eigenvalue weighted by molar-refractivity contribution is 0.0601. The summed E-state index contributed by atoms with van der Waals surface area (Å²) in [6, 6.07) is 5.08. The van der Waals surface area contributed by atoms with E-state index in [0.717, 1.165) is 5.56 Å².